The Morgan fingerprint density at radius 3 is 2.55 bits per heavy atom. The number of nitro groups is 1. The number of carbonyl (C=O) groups excluding carboxylic acids is 1. The molecular weight excluding hydrogens is 452 g/mol. The number of aryl methyl sites for hydroxylation is 1. The Labute approximate surface area is 191 Å². The Kier molecular flexibility index (Phi) is 7.12. The third-order valence-corrected chi connectivity index (χ3v) is 6.47. The van der Waals surface area contributed by atoms with Crippen LogP contribution in [0.25, 0.3) is 0 Å². The number of anilines is 3. The van der Waals surface area contributed by atoms with Gasteiger partial charge in [0, 0.05) is 25.8 Å². The van der Waals surface area contributed by atoms with E-state index in [4.69, 9.17) is 9.88 Å². The van der Waals surface area contributed by atoms with E-state index in [1.165, 1.54) is 29.4 Å². The third-order valence-electron chi connectivity index (χ3n) is 5.56. The van der Waals surface area contributed by atoms with Crippen LogP contribution in [0.2, 0.25) is 0 Å². The molecule has 0 atom stereocenters. The molecule has 0 aliphatic carbocycles. The predicted molar refractivity (Wildman–Crippen MR) is 121 cm³/mol. The van der Waals surface area contributed by atoms with E-state index in [1.54, 1.807) is 25.8 Å². The van der Waals surface area contributed by atoms with Gasteiger partial charge in [-0.15, -0.1) is 0 Å². The molecule has 33 heavy (non-hydrogen) atoms. The number of ether oxygens (including phenoxy) is 1. The van der Waals surface area contributed by atoms with E-state index in [1.807, 2.05) is 0 Å². The predicted octanol–water partition coefficient (Wildman–Crippen LogP) is 1.89. The van der Waals surface area contributed by atoms with Crippen molar-refractivity contribution in [1.82, 2.24) is 9.97 Å². The quantitative estimate of drug-likeness (QED) is 0.353. The Hall–Kier alpha value is -3.32. The summed E-state index contributed by atoms with van der Waals surface area (Å²) in [7, 11) is -2.28. The molecule has 3 rings (SSSR count). The van der Waals surface area contributed by atoms with Gasteiger partial charge in [-0.1, -0.05) is 0 Å². The number of nitrogens with zero attached hydrogens (tertiary/aromatic N) is 5. The lowest BCUT2D eigenvalue weighted by Crippen LogP contribution is -2.38. The number of carbonyl (C=O) groups is 1. The minimum Gasteiger partial charge on any atom is -0.466 e. The van der Waals surface area contributed by atoms with Crippen LogP contribution in [0.3, 0.4) is 0 Å². The summed E-state index contributed by atoms with van der Waals surface area (Å²) < 4.78 is 28.3. The molecule has 12 nitrogen and oxygen atoms in total. The number of aromatic nitrogens is 2. The molecule has 0 amide bonds. The number of nitrogens with two attached hydrogens (primary N) is 1. The first kappa shape index (κ1) is 24.3. The minimum absolute atomic E-state index is 0.0560. The largest absolute Gasteiger partial charge is 0.466 e. The van der Waals surface area contributed by atoms with E-state index in [9.17, 15) is 23.3 Å². The van der Waals surface area contributed by atoms with Crippen molar-refractivity contribution < 1.29 is 22.9 Å². The molecule has 0 radical (unpaired) electrons. The highest BCUT2D eigenvalue weighted by molar-refractivity contribution is 7.89. The van der Waals surface area contributed by atoms with Crippen LogP contribution in [0.15, 0.2) is 29.4 Å². The summed E-state index contributed by atoms with van der Waals surface area (Å²) in [5.41, 5.74) is 0.800. The maximum Gasteiger partial charge on any atom is 0.353 e. The smallest absolute Gasteiger partial charge is 0.353 e. The first-order valence-electron chi connectivity index (χ1n) is 10.3. The van der Waals surface area contributed by atoms with E-state index in [2.05, 4.69) is 9.97 Å². The highest BCUT2D eigenvalue weighted by Crippen LogP contribution is 2.39. The maximum atomic E-state index is 12.1. The normalized spacial score (nSPS) is 14.7. The molecule has 1 aliphatic rings. The highest BCUT2D eigenvalue weighted by Gasteiger charge is 2.33. The topological polar surface area (TPSA) is 162 Å². The van der Waals surface area contributed by atoms with Crippen molar-refractivity contribution in [3.63, 3.8) is 0 Å². The number of rotatable bonds is 7. The lowest BCUT2D eigenvalue weighted by atomic mass is 9.97. The number of sulfonamides is 1. The van der Waals surface area contributed by atoms with Crippen LogP contribution < -0.4 is 14.9 Å². The van der Waals surface area contributed by atoms with Gasteiger partial charge in [-0.2, -0.15) is 0 Å². The van der Waals surface area contributed by atoms with E-state index < -0.39 is 14.9 Å². The van der Waals surface area contributed by atoms with Crippen LogP contribution in [0.4, 0.5) is 23.0 Å². The minimum atomic E-state index is -3.88. The summed E-state index contributed by atoms with van der Waals surface area (Å²) in [4.78, 5) is 35.1. The molecule has 2 heterocycles. The molecule has 1 aromatic heterocycles. The Bertz CT molecular complexity index is 1160. The summed E-state index contributed by atoms with van der Waals surface area (Å²) in [5, 5.41) is 17.2. The summed E-state index contributed by atoms with van der Waals surface area (Å²) in [6.07, 6.45) is 2.25. The fourth-order valence-electron chi connectivity index (χ4n) is 3.88. The van der Waals surface area contributed by atoms with Gasteiger partial charge in [0.25, 0.3) is 0 Å². The van der Waals surface area contributed by atoms with Crippen LogP contribution >= 0.6 is 0 Å². The molecule has 1 aromatic carbocycles. The molecular formula is C20H26N6O6S. The molecule has 1 aliphatic heterocycles. The Balaban J connectivity index is 1.93. The monoisotopic (exact) mass is 478 g/mol. The van der Waals surface area contributed by atoms with Gasteiger partial charge in [0.1, 0.15) is 6.33 Å². The second-order valence-electron chi connectivity index (χ2n) is 7.69. The zero-order chi connectivity index (χ0) is 24.3. The Morgan fingerprint density at radius 2 is 2.00 bits per heavy atom. The molecule has 0 spiro atoms. The molecule has 0 unspecified atom stereocenters. The average Bonchev–Trinajstić information content (AvgIpc) is 2.77. The van der Waals surface area contributed by atoms with Crippen molar-refractivity contribution in [2.24, 2.45) is 11.1 Å². The first-order valence-corrected chi connectivity index (χ1v) is 11.9. The van der Waals surface area contributed by atoms with Crippen molar-refractivity contribution in [2.75, 3.05) is 36.5 Å². The SMILES string of the molecule is CCOC(=O)C1CCN(c2ncnc(N(C)c3ccc(S(N)(=O)=O)cc3C)c2[N+](=O)[O-])CC1. The van der Waals surface area contributed by atoms with Gasteiger partial charge in [0.15, 0.2) is 0 Å². The van der Waals surface area contributed by atoms with Gasteiger partial charge in [-0.25, -0.2) is 23.5 Å². The molecule has 0 saturated carbocycles. The first-order chi connectivity index (χ1) is 15.5. The van der Waals surface area contributed by atoms with Gasteiger partial charge >= 0.3 is 11.7 Å². The van der Waals surface area contributed by atoms with Crippen LogP contribution in [0.1, 0.15) is 25.3 Å². The fourth-order valence-corrected chi connectivity index (χ4v) is 4.48. The van der Waals surface area contributed by atoms with Gasteiger partial charge in [-0.05, 0) is 50.5 Å². The number of primary sulfonamides is 1. The van der Waals surface area contributed by atoms with E-state index in [0.29, 0.717) is 43.8 Å². The highest BCUT2D eigenvalue weighted by atomic mass is 32.2. The van der Waals surface area contributed by atoms with Gasteiger partial charge in [0.05, 0.1) is 22.3 Å². The number of piperidine rings is 1. The number of benzene rings is 1. The summed E-state index contributed by atoms with van der Waals surface area (Å²) >= 11 is 0. The molecule has 1 fully saturated rings. The second kappa shape index (κ2) is 9.67. The zero-order valence-corrected chi connectivity index (χ0v) is 19.4. The number of esters is 1. The standard InChI is InChI=1S/C20H26N6O6S/c1-4-32-20(27)14-7-9-25(10-8-14)19-17(26(28)29)18(22-12-23-19)24(3)16-6-5-15(11-13(16)2)33(21,30)31/h5-6,11-12,14H,4,7-10H2,1-3H3,(H2,21,30,31). The zero-order valence-electron chi connectivity index (χ0n) is 18.6. The fraction of sp³-hybridized carbons (Fsp3) is 0.450. The molecule has 2 N–H and O–H groups in total. The third kappa shape index (κ3) is 5.20. The number of hydrogen-bond donors (Lipinski definition) is 1. The van der Waals surface area contributed by atoms with Crippen LogP contribution in [-0.4, -0.2) is 56.0 Å². The average molecular weight is 479 g/mol. The van der Waals surface area contributed by atoms with E-state index in [-0.39, 0.29) is 34.1 Å². The maximum absolute atomic E-state index is 12.1. The number of hydrogen-bond acceptors (Lipinski definition) is 10. The summed E-state index contributed by atoms with van der Waals surface area (Å²) in [6, 6.07) is 4.25. The van der Waals surface area contributed by atoms with E-state index in [0.717, 1.165) is 0 Å². The van der Waals surface area contributed by atoms with Gasteiger partial charge < -0.3 is 14.5 Å². The van der Waals surface area contributed by atoms with E-state index >= 15 is 0 Å². The van der Waals surface area contributed by atoms with Gasteiger partial charge in [-0.3, -0.25) is 14.9 Å². The van der Waals surface area contributed by atoms with Gasteiger partial charge in [0.2, 0.25) is 21.7 Å². The lowest BCUT2D eigenvalue weighted by Gasteiger charge is -2.31. The van der Waals surface area contributed by atoms with Crippen molar-refractivity contribution in [3.8, 4) is 0 Å². The molecule has 178 valence electrons. The molecule has 13 heteroatoms. The molecule has 2 aromatic rings. The van der Waals surface area contributed by atoms with Crippen molar-refractivity contribution in [1.29, 1.82) is 0 Å². The van der Waals surface area contributed by atoms with Crippen molar-refractivity contribution in [3.05, 3.63) is 40.2 Å². The van der Waals surface area contributed by atoms with Crippen LogP contribution in [-0.2, 0) is 19.6 Å². The molecule has 1 saturated heterocycles. The summed E-state index contributed by atoms with van der Waals surface area (Å²) in [5.74, 6) is -0.278. The summed E-state index contributed by atoms with van der Waals surface area (Å²) in [6.45, 7) is 4.55. The molecule has 0 bridgehead atoms. The van der Waals surface area contributed by atoms with Crippen molar-refractivity contribution >= 4 is 39.0 Å². The van der Waals surface area contributed by atoms with Crippen LogP contribution in [0.5, 0.6) is 0 Å². The lowest BCUT2D eigenvalue weighted by molar-refractivity contribution is -0.383. The van der Waals surface area contributed by atoms with Crippen LogP contribution in [0, 0.1) is 23.0 Å². The Morgan fingerprint density at radius 1 is 1.33 bits per heavy atom. The van der Waals surface area contributed by atoms with Crippen molar-refractivity contribution in [2.45, 2.75) is 31.6 Å². The second-order valence-corrected chi connectivity index (χ2v) is 9.25.